The number of benzene rings is 2. The lowest BCUT2D eigenvalue weighted by Gasteiger charge is -2.08. The van der Waals surface area contributed by atoms with Gasteiger partial charge in [-0.2, -0.15) is 0 Å². The van der Waals surface area contributed by atoms with Crippen LogP contribution in [-0.4, -0.2) is 9.55 Å². The molecule has 0 radical (unpaired) electrons. The second-order valence-corrected chi connectivity index (χ2v) is 9.49. The van der Waals surface area contributed by atoms with Gasteiger partial charge in [-0.05, 0) is 31.2 Å². The van der Waals surface area contributed by atoms with Gasteiger partial charge in [0.15, 0.2) is 0 Å². The summed E-state index contributed by atoms with van der Waals surface area (Å²) in [7, 11) is 0. The van der Waals surface area contributed by atoms with Crippen LogP contribution < -0.4 is 0 Å². The molecular formula is C31H44N2. The molecule has 33 heavy (non-hydrogen) atoms. The average Bonchev–Trinajstić information content (AvgIpc) is 3.26. The fraction of sp³-hybridized carbons (Fsp3) is 0.516. The molecule has 0 amide bonds. The molecule has 0 fully saturated rings. The van der Waals surface area contributed by atoms with Crippen LogP contribution in [0.2, 0.25) is 0 Å². The zero-order valence-electron chi connectivity index (χ0n) is 20.9. The van der Waals surface area contributed by atoms with E-state index in [1.165, 1.54) is 87.4 Å². The third-order valence-corrected chi connectivity index (χ3v) is 6.60. The molecule has 0 saturated heterocycles. The van der Waals surface area contributed by atoms with E-state index in [1.807, 2.05) is 0 Å². The molecule has 0 atom stereocenters. The Labute approximate surface area is 202 Å². The summed E-state index contributed by atoms with van der Waals surface area (Å²) >= 11 is 0. The summed E-state index contributed by atoms with van der Waals surface area (Å²) in [5.74, 6) is 1.14. The lowest BCUT2D eigenvalue weighted by Crippen LogP contribution is -1.99. The third-order valence-electron chi connectivity index (χ3n) is 6.60. The van der Waals surface area contributed by atoms with Gasteiger partial charge in [0.05, 0.1) is 5.69 Å². The maximum Gasteiger partial charge on any atom is 0.140 e. The van der Waals surface area contributed by atoms with Crippen molar-refractivity contribution in [2.45, 2.75) is 103 Å². The normalized spacial score (nSPS) is 11.2. The van der Waals surface area contributed by atoms with Gasteiger partial charge >= 0.3 is 0 Å². The number of imidazole rings is 1. The summed E-state index contributed by atoms with van der Waals surface area (Å²) in [6.07, 6.45) is 20.8. The first-order chi connectivity index (χ1) is 16.4. The molecule has 2 aromatic carbocycles. The van der Waals surface area contributed by atoms with Crippen molar-refractivity contribution in [3.05, 3.63) is 78.1 Å². The zero-order valence-corrected chi connectivity index (χ0v) is 20.9. The van der Waals surface area contributed by atoms with E-state index in [9.17, 15) is 0 Å². The molecular weight excluding hydrogens is 400 g/mol. The summed E-state index contributed by atoms with van der Waals surface area (Å²) < 4.78 is 2.40. The van der Waals surface area contributed by atoms with Crippen molar-refractivity contribution in [1.29, 1.82) is 0 Å². The predicted octanol–water partition coefficient (Wildman–Crippen LogP) is 9.04. The van der Waals surface area contributed by atoms with Crippen LogP contribution in [0.4, 0.5) is 0 Å². The fourth-order valence-electron chi connectivity index (χ4n) is 4.64. The Balaban J connectivity index is 1.42. The lowest BCUT2D eigenvalue weighted by molar-refractivity contribution is 0.532. The van der Waals surface area contributed by atoms with Crippen LogP contribution in [0.3, 0.4) is 0 Å². The minimum absolute atomic E-state index is 1.04. The van der Waals surface area contributed by atoms with Crippen LogP contribution in [0.15, 0.2) is 66.9 Å². The third kappa shape index (κ3) is 9.58. The Bertz CT molecular complexity index is 866. The molecule has 0 spiro atoms. The SMILES string of the molecule is CCCCCCCCCCCCCn1cc(CCCc2ccccc2)nc1-c1ccccc1. The van der Waals surface area contributed by atoms with Gasteiger partial charge in [-0.1, -0.05) is 132 Å². The number of nitrogens with zero attached hydrogens (tertiary/aromatic N) is 2. The Morgan fingerprint density at radius 1 is 0.606 bits per heavy atom. The number of unbranched alkanes of at least 4 members (excludes halogenated alkanes) is 10. The van der Waals surface area contributed by atoms with Crippen LogP contribution in [0.25, 0.3) is 11.4 Å². The quantitative estimate of drug-likeness (QED) is 0.190. The maximum atomic E-state index is 5.04. The first-order valence-electron chi connectivity index (χ1n) is 13.5. The van der Waals surface area contributed by atoms with E-state index >= 15 is 0 Å². The Morgan fingerprint density at radius 2 is 1.18 bits per heavy atom. The molecule has 1 heterocycles. The molecule has 0 N–H and O–H groups in total. The molecule has 1 aromatic heterocycles. The molecule has 0 unspecified atom stereocenters. The number of rotatable bonds is 17. The van der Waals surface area contributed by atoms with Crippen LogP contribution in [-0.2, 0) is 19.4 Å². The van der Waals surface area contributed by atoms with E-state index in [4.69, 9.17) is 4.98 Å². The van der Waals surface area contributed by atoms with Crippen LogP contribution in [0.1, 0.15) is 95.2 Å². The summed E-state index contributed by atoms with van der Waals surface area (Å²) in [6.45, 7) is 3.37. The van der Waals surface area contributed by atoms with Crippen LogP contribution >= 0.6 is 0 Å². The molecule has 2 heteroatoms. The van der Waals surface area contributed by atoms with Gasteiger partial charge in [-0.25, -0.2) is 4.98 Å². The highest BCUT2D eigenvalue weighted by molar-refractivity contribution is 5.55. The van der Waals surface area contributed by atoms with Crippen molar-refractivity contribution in [3.8, 4) is 11.4 Å². The number of hydrogen-bond acceptors (Lipinski definition) is 1. The number of hydrogen-bond donors (Lipinski definition) is 0. The minimum Gasteiger partial charge on any atom is -0.331 e. The topological polar surface area (TPSA) is 17.8 Å². The fourth-order valence-corrected chi connectivity index (χ4v) is 4.64. The summed E-state index contributed by atoms with van der Waals surface area (Å²) in [5, 5.41) is 0. The average molecular weight is 445 g/mol. The molecule has 178 valence electrons. The smallest absolute Gasteiger partial charge is 0.140 e. The van der Waals surface area contributed by atoms with Crippen molar-refractivity contribution < 1.29 is 0 Å². The first-order valence-corrected chi connectivity index (χ1v) is 13.5. The van der Waals surface area contributed by atoms with Crippen molar-refractivity contribution in [3.63, 3.8) is 0 Å². The van der Waals surface area contributed by atoms with E-state index < -0.39 is 0 Å². The van der Waals surface area contributed by atoms with Crippen molar-refractivity contribution in [2.75, 3.05) is 0 Å². The zero-order chi connectivity index (χ0) is 23.0. The molecule has 0 aliphatic heterocycles. The van der Waals surface area contributed by atoms with Crippen LogP contribution in [0.5, 0.6) is 0 Å². The summed E-state index contributed by atoms with van der Waals surface area (Å²) in [4.78, 5) is 5.04. The number of aromatic nitrogens is 2. The maximum absolute atomic E-state index is 5.04. The minimum atomic E-state index is 1.04. The van der Waals surface area contributed by atoms with Gasteiger partial charge < -0.3 is 4.57 Å². The lowest BCUT2D eigenvalue weighted by atomic mass is 10.1. The second-order valence-electron chi connectivity index (χ2n) is 9.49. The molecule has 0 aliphatic carbocycles. The Kier molecular flexibility index (Phi) is 11.9. The van der Waals surface area contributed by atoms with Gasteiger partial charge in [-0.3, -0.25) is 0 Å². The molecule has 3 rings (SSSR count). The van der Waals surface area contributed by atoms with Crippen molar-refractivity contribution in [1.82, 2.24) is 9.55 Å². The van der Waals surface area contributed by atoms with Crippen molar-refractivity contribution in [2.24, 2.45) is 0 Å². The largest absolute Gasteiger partial charge is 0.331 e. The summed E-state index contributed by atoms with van der Waals surface area (Å²) in [6, 6.07) is 21.5. The van der Waals surface area contributed by atoms with Crippen molar-refractivity contribution >= 4 is 0 Å². The van der Waals surface area contributed by atoms with E-state index in [-0.39, 0.29) is 0 Å². The first kappa shape index (κ1) is 25.3. The second kappa shape index (κ2) is 15.5. The van der Waals surface area contributed by atoms with E-state index in [2.05, 4.69) is 78.4 Å². The van der Waals surface area contributed by atoms with E-state index in [0.29, 0.717) is 0 Å². The molecule has 0 aliphatic rings. The summed E-state index contributed by atoms with van der Waals surface area (Å²) in [5.41, 5.74) is 3.88. The highest BCUT2D eigenvalue weighted by Gasteiger charge is 2.10. The molecule has 3 aromatic rings. The molecule has 2 nitrogen and oxygen atoms in total. The van der Waals surface area contributed by atoms with Gasteiger partial charge in [-0.15, -0.1) is 0 Å². The van der Waals surface area contributed by atoms with Gasteiger partial charge in [0, 0.05) is 18.3 Å². The van der Waals surface area contributed by atoms with Gasteiger partial charge in [0.25, 0.3) is 0 Å². The van der Waals surface area contributed by atoms with Gasteiger partial charge in [0.1, 0.15) is 5.82 Å². The van der Waals surface area contributed by atoms with Crippen LogP contribution in [0, 0.1) is 0 Å². The number of aryl methyl sites for hydroxylation is 3. The molecule has 0 saturated carbocycles. The van der Waals surface area contributed by atoms with E-state index in [1.54, 1.807) is 0 Å². The van der Waals surface area contributed by atoms with Gasteiger partial charge in [0.2, 0.25) is 0 Å². The highest BCUT2D eigenvalue weighted by Crippen LogP contribution is 2.21. The molecule has 0 bridgehead atoms. The predicted molar refractivity (Wildman–Crippen MR) is 143 cm³/mol. The Morgan fingerprint density at radius 3 is 1.82 bits per heavy atom. The highest BCUT2D eigenvalue weighted by atomic mass is 15.1. The monoisotopic (exact) mass is 444 g/mol. The standard InChI is InChI=1S/C31H44N2/c1-2-3-4-5-6-7-8-9-10-11-18-26-33-27-30(25-19-22-28-20-14-12-15-21-28)32-31(33)29-23-16-13-17-24-29/h12-17,20-21,23-24,27H,2-11,18-19,22,25-26H2,1H3. The Hall–Kier alpha value is -2.35. The van der Waals surface area contributed by atoms with E-state index in [0.717, 1.165) is 31.6 Å².